The molecule has 0 fully saturated rings. The first-order valence-electron chi connectivity index (χ1n) is 7.52. The minimum absolute atomic E-state index is 0.0433. The number of carbonyl (C=O) groups excluding carboxylic acids is 1. The number of thiocarbonyl (C=S) groups is 1. The van der Waals surface area contributed by atoms with E-state index in [0.29, 0.717) is 6.61 Å². The topological polar surface area (TPSA) is 80.9 Å². The maximum atomic E-state index is 12.6. The van der Waals surface area contributed by atoms with Crippen molar-refractivity contribution in [2.24, 2.45) is 0 Å². The number of alkyl halides is 2. The summed E-state index contributed by atoms with van der Waals surface area (Å²) in [6.07, 6.45) is 2.46. The minimum atomic E-state index is -3.02. The third-order valence-corrected chi connectivity index (χ3v) is 3.16. The van der Waals surface area contributed by atoms with Gasteiger partial charge in [0.25, 0.3) is 5.91 Å². The highest BCUT2D eigenvalue weighted by Crippen LogP contribution is 2.33. The van der Waals surface area contributed by atoms with Crippen LogP contribution in [0.2, 0.25) is 0 Å². The number of benzene rings is 1. The van der Waals surface area contributed by atoms with Crippen molar-refractivity contribution < 1.29 is 27.8 Å². The minimum Gasteiger partial charge on any atom is -0.493 e. The Labute approximate surface area is 155 Å². The number of hydrogen-bond donors (Lipinski definition) is 3. The van der Waals surface area contributed by atoms with Gasteiger partial charge in [-0.2, -0.15) is 8.78 Å². The van der Waals surface area contributed by atoms with Crippen LogP contribution < -0.4 is 25.6 Å². The Morgan fingerprint density at radius 3 is 2.65 bits per heavy atom. The van der Waals surface area contributed by atoms with E-state index in [1.807, 2.05) is 6.92 Å². The highest BCUT2D eigenvalue weighted by Gasteiger charge is 2.14. The molecular weight excluding hydrogens is 368 g/mol. The standard InChI is InChI=1S/C16H21F2N3O4S/c1-10(9-23-2)19-16(26)21-20-13(22)8-7-11-5-4-6-12(24-3)14(11)25-15(17)18/h4-8,10,15H,9H2,1-3H3,(H,20,22)(H2,19,21,26)/b8-7+/t10-/m1/s1. The van der Waals surface area contributed by atoms with Crippen molar-refractivity contribution in [1.29, 1.82) is 0 Å². The molecule has 0 aromatic heterocycles. The summed E-state index contributed by atoms with van der Waals surface area (Å²) in [6.45, 7) is -0.725. The summed E-state index contributed by atoms with van der Waals surface area (Å²) in [5.41, 5.74) is 5.12. The van der Waals surface area contributed by atoms with Crippen molar-refractivity contribution in [1.82, 2.24) is 16.2 Å². The molecule has 3 N–H and O–H groups in total. The highest BCUT2D eigenvalue weighted by molar-refractivity contribution is 7.80. The molecule has 0 saturated carbocycles. The van der Waals surface area contributed by atoms with E-state index in [2.05, 4.69) is 20.9 Å². The second-order valence-electron chi connectivity index (χ2n) is 5.03. The van der Waals surface area contributed by atoms with Crippen molar-refractivity contribution in [2.45, 2.75) is 19.6 Å². The molecule has 10 heteroatoms. The van der Waals surface area contributed by atoms with Gasteiger partial charge in [0, 0.05) is 24.8 Å². The lowest BCUT2D eigenvalue weighted by Crippen LogP contribution is -2.49. The van der Waals surface area contributed by atoms with Crippen LogP contribution in [-0.2, 0) is 9.53 Å². The van der Waals surface area contributed by atoms with Crippen LogP contribution >= 0.6 is 12.2 Å². The van der Waals surface area contributed by atoms with E-state index in [-0.39, 0.29) is 28.2 Å². The van der Waals surface area contributed by atoms with E-state index in [1.54, 1.807) is 13.2 Å². The van der Waals surface area contributed by atoms with E-state index in [4.69, 9.17) is 21.7 Å². The molecule has 0 radical (unpaired) electrons. The van der Waals surface area contributed by atoms with Crippen LogP contribution in [0.5, 0.6) is 11.5 Å². The zero-order chi connectivity index (χ0) is 19.5. The van der Waals surface area contributed by atoms with Gasteiger partial charge in [-0.15, -0.1) is 0 Å². The number of hydrogen-bond acceptors (Lipinski definition) is 5. The van der Waals surface area contributed by atoms with Gasteiger partial charge >= 0.3 is 6.61 Å². The maximum absolute atomic E-state index is 12.6. The lowest BCUT2D eigenvalue weighted by Gasteiger charge is -2.16. The number of amides is 1. The predicted octanol–water partition coefficient (Wildman–Crippen LogP) is 1.84. The van der Waals surface area contributed by atoms with Crippen LogP contribution in [0, 0.1) is 0 Å². The summed E-state index contributed by atoms with van der Waals surface area (Å²) in [6, 6.07) is 4.53. The number of hydrazine groups is 1. The van der Waals surface area contributed by atoms with Crippen molar-refractivity contribution in [3.63, 3.8) is 0 Å². The molecular formula is C16H21F2N3O4S. The molecule has 1 atom stereocenters. The number of methoxy groups -OCH3 is 2. The van der Waals surface area contributed by atoms with Gasteiger partial charge in [-0.1, -0.05) is 12.1 Å². The third kappa shape index (κ3) is 7.62. The average molecular weight is 389 g/mol. The first kappa shape index (κ1) is 21.6. The van der Waals surface area contributed by atoms with Crippen LogP contribution in [0.3, 0.4) is 0 Å². The summed E-state index contributed by atoms with van der Waals surface area (Å²) >= 11 is 5.01. The van der Waals surface area contributed by atoms with Gasteiger partial charge in [-0.05, 0) is 31.3 Å². The molecule has 1 rings (SSSR count). The monoisotopic (exact) mass is 389 g/mol. The normalized spacial score (nSPS) is 11.9. The lowest BCUT2D eigenvalue weighted by molar-refractivity contribution is -0.116. The molecule has 0 spiro atoms. The number of carbonyl (C=O) groups is 1. The number of rotatable bonds is 8. The molecule has 144 valence electrons. The van der Waals surface area contributed by atoms with Crippen LogP contribution in [0.1, 0.15) is 12.5 Å². The molecule has 0 unspecified atom stereocenters. The fourth-order valence-electron chi connectivity index (χ4n) is 1.92. The molecule has 0 heterocycles. The molecule has 0 bridgehead atoms. The quantitative estimate of drug-likeness (QED) is 0.356. The van der Waals surface area contributed by atoms with Gasteiger partial charge in [0.05, 0.1) is 13.7 Å². The Hall–Kier alpha value is -2.46. The van der Waals surface area contributed by atoms with Gasteiger partial charge < -0.3 is 19.5 Å². The molecule has 0 aliphatic carbocycles. The fourth-order valence-corrected chi connectivity index (χ4v) is 2.17. The van der Waals surface area contributed by atoms with Crippen LogP contribution in [0.15, 0.2) is 24.3 Å². The highest BCUT2D eigenvalue weighted by atomic mass is 32.1. The summed E-state index contributed by atoms with van der Waals surface area (Å²) in [5.74, 6) is -0.574. The van der Waals surface area contributed by atoms with Gasteiger partial charge in [0.1, 0.15) is 0 Å². The van der Waals surface area contributed by atoms with Gasteiger partial charge in [0.2, 0.25) is 0 Å². The van der Waals surface area contributed by atoms with Crippen LogP contribution in [0.25, 0.3) is 6.08 Å². The second-order valence-corrected chi connectivity index (χ2v) is 5.44. The summed E-state index contributed by atoms with van der Waals surface area (Å²) in [5, 5.41) is 3.10. The summed E-state index contributed by atoms with van der Waals surface area (Å²) in [7, 11) is 2.89. The zero-order valence-corrected chi connectivity index (χ0v) is 15.4. The Kier molecular flexibility index (Phi) is 9.31. The first-order valence-corrected chi connectivity index (χ1v) is 7.93. The largest absolute Gasteiger partial charge is 0.493 e. The second kappa shape index (κ2) is 11.2. The number of para-hydroxylation sites is 1. The van der Waals surface area contributed by atoms with Crippen molar-refractivity contribution >= 4 is 29.3 Å². The molecule has 1 aromatic rings. The zero-order valence-electron chi connectivity index (χ0n) is 14.5. The summed E-state index contributed by atoms with van der Waals surface area (Å²) in [4.78, 5) is 11.8. The smallest absolute Gasteiger partial charge is 0.387 e. The molecule has 1 aromatic carbocycles. The SMILES string of the molecule is COC[C@@H](C)NC(=S)NNC(=O)/C=C/c1cccc(OC)c1OC(F)F. The van der Waals surface area contributed by atoms with E-state index in [0.717, 1.165) is 6.08 Å². The first-order chi connectivity index (χ1) is 12.4. The van der Waals surface area contributed by atoms with E-state index >= 15 is 0 Å². The lowest BCUT2D eigenvalue weighted by atomic mass is 10.1. The van der Waals surface area contributed by atoms with Gasteiger partial charge in [-0.3, -0.25) is 15.6 Å². The third-order valence-electron chi connectivity index (χ3n) is 2.94. The Morgan fingerprint density at radius 1 is 1.31 bits per heavy atom. The number of halogens is 2. The van der Waals surface area contributed by atoms with Crippen molar-refractivity contribution in [3.05, 3.63) is 29.8 Å². The number of ether oxygens (including phenoxy) is 3. The maximum Gasteiger partial charge on any atom is 0.387 e. The molecule has 0 saturated heterocycles. The fraction of sp³-hybridized carbons (Fsp3) is 0.375. The average Bonchev–Trinajstić information content (AvgIpc) is 2.58. The molecule has 1 amide bonds. The molecule has 26 heavy (non-hydrogen) atoms. The summed E-state index contributed by atoms with van der Waals surface area (Å²) < 4.78 is 39.5. The molecule has 0 aliphatic heterocycles. The Bertz CT molecular complexity index is 644. The van der Waals surface area contributed by atoms with Crippen molar-refractivity contribution in [2.75, 3.05) is 20.8 Å². The Balaban J connectivity index is 2.67. The van der Waals surface area contributed by atoms with Crippen molar-refractivity contribution in [3.8, 4) is 11.5 Å². The number of nitrogens with one attached hydrogen (secondary N) is 3. The Morgan fingerprint density at radius 2 is 2.04 bits per heavy atom. The van der Waals surface area contributed by atoms with Gasteiger partial charge in [-0.25, -0.2) is 0 Å². The van der Waals surface area contributed by atoms with E-state index in [1.165, 1.54) is 25.3 Å². The molecule has 7 nitrogen and oxygen atoms in total. The molecule has 0 aliphatic rings. The van der Waals surface area contributed by atoms with Crippen LogP contribution in [-0.4, -0.2) is 44.5 Å². The van der Waals surface area contributed by atoms with E-state index in [9.17, 15) is 13.6 Å². The van der Waals surface area contributed by atoms with Crippen LogP contribution in [0.4, 0.5) is 8.78 Å². The van der Waals surface area contributed by atoms with Gasteiger partial charge in [0.15, 0.2) is 16.6 Å². The predicted molar refractivity (Wildman–Crippen MR) is 97.0 cm³/mol. The van der Waals surface area contributed by atoms with E-state index < -0.39 is 12.5 Å².